The van der Waals surface area contributed by atoms with Gasteiger partial charge in [0.1, 0.15) is 18.1 Å². The molecule has 1 aliphatic heterocycles. The predicted molar refractivity (Wildman–Crippen MR) is 53.2 cm³/mol. The van der Waals surface area contributed by atoms with Crippen LogP contribution in [-0.4, -0.2) is 11.7 Å². The molecule has 1 aliphatic rings. The predicted octanol–water partition coefficient (Wildman–Crippen LogP) is 1.39. The summed E-state index contributed by atoms with van der Waals surface area (Å²) in [7, 11) is 0. The lowest BCUT2D eigenvalue weighted by atomic mass is 10.1. The highest BCUT2D eigenvalue weighted by atomic mass is 127. The number of phenolic OH excluding ortho intramolecular Hbond substituents is 1. The summed E-state index contributed by atoms with van der Waals surface area (Å²) < 4.78 is 6.24. The largest absolute Gasteiger partial charge is 0.507 e. The van der Waals surface area contributed by atoms with Crippen LogP contribution >= 0.6 is 22.6 Å². The van der Waals surface area contributed by atoms with Crippen molar-refractivity contribution in [1.29, 1.82) is 0 Å². The van der Waals surface area contributed by atoms with Crippen molar-refractivity contribution >= 4 is 22.6 Å². The molecule has 12 heavy (non-hydrogen) atoms. The Balaban J connectivity index is 2.60. The second-order valence-electron chi connectivity index (χ2n) is 2.75. The topological polar surface area (TPSA) is 55.5 Å². The zero-order chi connectivity index (χ0) is 8.72. The highest BCUT2D eigenvalue weighted by Crippen LogP contribution is 2.38. The number of fused-ring (bicyclic) bond motifs is 1. The van der Waals surface area contributed by atoms with E-state index >= 15 is 0 Å². The van der Waals surface area contributed by atoms with Crippen molar-refractivity contribution in [2.45, 2.75) is 6.04 Å². The Labute approximate surface area is 83.7 Å². The fourth-order valence-electron chi connectivity index (χ4n) is 1.33. The second kappa shape index (κ2) is 2.77. The van der Waals surface area contributed by atoms with Crippen molar-refractivity contribution in [3.05, 3.63) is 21.3 Å². The van der Waals surface area contributed by atoms with Gasteiger partial charge in [-0.15, -0.1) is 0 Å². The molecule has 0 aromatic heterocycles. The summed E-state index contributed by atoms with van der Waals surface area (Å²) in [6.45, 7) is 0.461. The Morgan fingerprint density at radius 3 is 3.08 bits per heavy atom. The SMILES string of the molecule is N[C@@H]1COc2cc(I)cc(O)c21. The molecule has 0 bridgehead atoms. The van der Waals surface area contributed by atoms with Gasteiger partial charge in [0.15, 0.2) is 0 Å². The Hall–Kier alpha value is -0.490. The van der Waals surface area contributed by atoms with Gasteiger partial charge in [-0.05, 0) is 34.7 Å². The van der Waals surface area contributed by atoms with E-state index in [-0.39, 0.29) is 11.8 Å². The van der Waals surface area contributed by atoms with Gasteiger partial charge in [-0.25, -0.2) is 0 Å². The van der Waals surface area contributed by atoms with E-state index in [1.807, 2.05) is 6.07 Å². The maximum atomic E-state index is 9.52. The second-order valence-corrected chi connectivity index (χ2v) is 4.00. The van der Waals surface area contributed by atoms with Crippen molar-refractivity contribution in [1.82, 2.24) is 0 Å². The summed E-state index contributed by atoms with van der Waals surface area (Å²) in [4.78, 5) is 0. The average molecular weight is 277 g/mol. The first-order chi connectivity index (χ1) is 5.68. The lowest BCUT2D eigenvalue weighted by Gasteiger charge is -2.03. The van der Waals surface area contributed by atoms with Gasteiger partial charge in [0.05, 0.1) is 11.6 Å². The van der Waals surface area contributed by atoms with E-state index in [1.54, 1.807) is 6.07 Å². The smallest absolute Gasteiger partial charge is 0.129 e. The molecule has 3 nitrogen and oxygen atoms in total. The fraction of sp³-hybridized carbons (Fsp3) is 0.250. The van der Waals surface area contributed by atoms with E-state index in [2.05, 4.69) is 22.6 Å². The van der Waals surface area contributed by atoms with E-state index in [1.165, 1.54) is 0 Å². The van der Waals surface area contributed by atoms with Crippen molar-refractivity contribution in [3.63, 3.8) is 0 Å². The third-order valence-electron chi connectivity index (χ3n) is 1.87. The van der Waals surface area contributed by atoms with Crippen molar-refractivity contribution in [2.24, 2.45) is 5.73 Å². The normalized spacial score (nSPS) is 20.3. The standard InChI is InChI=1S/C8H8INO2/c9-4-1-6(11)8-5(10)3-12-7(8)2-4/h1-2,5,11H,3,10H2/t5-/m1/s1. The Kier molecular flexibility index (Phi) is 1.88. The molecule has 0 fully saturated rings. The zero-order valence-corrected chi connectivity index (χ0v) is 8.41. The first-order valence-corrected chi connectivity index (χ1v) is 4.67. The molecule has 0 saturated heterocycles. The van der Waals surface area contributed by atoms with Gasteiger partial charge in [-0.3, -0.25) is 0 Å². The lowest BCUT2D eigenvalue weighted by Crippen LogP contribution is -2.10. The highest BCUT2D eigenvalue weighted by molar-refractivity contribution is 14.1. The van der Waals surface area contributed by atoms with E-state index in [0.717, 1.165) is 9.13 Å². The van der Waals surface area contributed by atoms with Gasteiger partial charge in [0.2, 0.25) is 0 Å². The quantitative estimate of drug-likeness (QED) is 0.704. The number of phenols is 1. The van der Waals surface area contributed by atoms with Gasteiger partial charge in [-0.2, -0.15) is 0 Å². The Bertz CT molecular complexity index is 327. The molecule has 0 spiro atoms. The average Bonchev–Trinajstić information content (AvgIpc) is 2.31. The van der Waals surface area contributed by atoms with E-state index in [9.17, 15) is 5.11 Å². The van der Waals surface area contributed by atoms with E-state index in [4.69, 9.17) is 10.5 Å². The van der Waals surface area contributed by atoms with Crippen LogP contribution in [0, 0.1) is 3.57 Å². The van der Waals surface area contributed by atoms with Crippen molar-refractivity contribution in [3.8, 4) is 11.5 Å². The zero-order valence-electron chi connectivity index (χ0n) is 6.25. The van der Waals surface area contributed by atoms with Gasteiger partial charge in [0, 0.05) is 3.57 Å². The van der Waals surface area contributed by atoms with Crippen LogP contribution in [0.4, 0.5) is 0 Å². The summed E-state index contributed by atoms with van der Waals surface area (Å²) in [5, 5.41) is 9.52. The first kappa shape index (κ1) is 8.12. The Morgan fingerprint density at radius 1 is 1.58 bits per heavy atom. The molecule has 1 atom stereocenters. The molecule has 0 aliphatic carbocycles. The molecule has 2 rings (SSSR count). The number of halogens is 1. The van der Waals surface area contributed by atoms with Gasteiger partial charge in [0.25, 0.3) is 0 Å². The molecule has 64 valence electrons. The van der Waals surface area contributed by atoms with Crippen LogP contribution < -0.4 is 10.5 Å². The van der Waals surface area contributed by atoms with Crippen LogP contribution in [-0.2, 0) is 0 Å². The van der Waals surface area contributed by atoms with Crippen LogP contribution in [0.15, 0.2) is 12.1 Å². The number of hydrogen-bond donors (Lipinski definition) is 2. The number of nitrogens with two attached hydrogens (primary N) is 1. The molecule has 1 aromatic rings. The summed E-state index contributed by atoms with van der Waals surface area (Å²) >= 11 is 2.13. The molecule has 0 amide bonds. The molecule has 0 saturated carbocycles. The first-order valence-electron chi connectivity index (χ1n) is 3.59. The fourth-order valence-corrected chi connectivity index (χ4v) is 1.91. The number of benzene rings is 1. The highest BCUT2D eigenvalue weighted by Gasteiger charge is 2.24. The molecule has 0 unspecified atom stereocenters. The van der Waals surface area contributed by atoms with E-state index in [0.29, 0.717) is 12.4 Å². The van der Waals surface area contributed by atoms with Crippen LogP contribution in [0.5, 0.6) is 11.5 Å². The third kappa shape index (κ3) is 1.15. The number of hydrogen-bond acceptors (Lipinski definition) is 3. The Morgan fingerprint density at radius 2 is 2.33 bits per heavy atom. The lowest BCUT2D eigenvalue weighted by molar-refractivity contribution is 0.333. The minimum absolute atomic E-state index is 0.183. The molecule has 4 heteroatoms. The maximum Gasteiger partial charge on any atom is 0.129 e. The van der Waals surface area contributed by atoms with Crippen LogP contribution in [0.1, 0.15) is 11.6 Å². The van der Waals surface area contributed by atoms with Crippen molar-refractivity contribution < 1.29 is 9.84 Å². The number of ether oxygens (including phenoxy) is 1. The van der Waals surface area contributed by atoms with E-state index < -0.39 is 0 Å². The summed E-state index contributed by atoms with van der Waals surface area (Å²) in [5.74, 6) is 0.953. The molecule has 1 aromatic carbocycles. The van der Waals surface area contributed by atoms with Crippen LogP contribution in [0.2, 0.25) is 0 Å². The molecule has 3 N–H and O–H groups in total. The molecule has 0 radical (unpaired) electrons. The minimum atomic E-state index is -0.183. The molecular weight excluding hydrogens is 269 g/mol. The summed E-state index contributed by atoms with van der Waals surface area (Å²) in [6, 6.07) is 3.38. The summed E-state index contributed by atoms with van der Waals surface area (Å²) in [5.41, 5.74) is 6.44. The number of rotatable bonds is 0. The third-order valence-corrected chi connectivity index (χ3v) is 2.50. The van der Waals surface area contributed by atoms with Crippen LogP contribution in [0.3, 0.4) is 0 Å². The maximum absolute atomic E-state index is 9.52. The van der Waals surface area contributed by atoms with Gasteiger partial charge in [-0.1, -0.05) is 0 Å². The molecule has 1 heterocycles. The summed E-state index contributed by atoms with van der Waals surface area (Å²) in [6.07, 6.45) is 0. The van der Waals surface area contributed by atoms with Gasteiger partial charge >= 0.3 is 0 Å². The van der Waals surface area contributed by atoms with Crippen LogP contribution in [0.25, 0.3) is 0 Å². The number of aromatic hydroxyl groups is 1. The minimum Gasteiger partial charge on any atom is -0.507 e. The monoisotopic (exact) mass is 277 g/mol. The molecular formula is C8H8INO2. The van der Waals surface area contributed by atoms with Gasteiger partial charge < -0.3 is 15.6 Å². The van der Waals surface area contributed by atoms with Crippen molar-refractivity contribution in [2.75, 3.05) is 6.61 Å².